The van der Waals surface area contributed by atoms with Gasteiger partial charge in [0.05, 0.1) is 23.8 Å². The molecule has 1 unspecified atom stereocenters. The summed E-state index contributed by atoms with van der Waals surface area (Å²) in [6.07, 6.45) is 9.74. The second-order valence-electron chi connectivity index (χ2n) is 15.4. The van der Waals surface area contributed by atoms with E-state index in [9.17, 15) is 28.7 Å². The molecule has 5 heterocycles. The summed E-state index contributed by atoms with van der Waals surface area (Å²) in [5.41, 5.74) is 7.11. The minimum Gasteiger partial charge on any atom is -0.394 e. The van der Waals surface area contributed by atoms with Gasteiger partial charge < -0.3 is 15.7 Å². The van der Waals surface area contributed by atoms with E-state index in [1.807, 2.05) is 12.4 Å². The molecule has 4 amide bonds. The lowest BCUT2D eigenvalue weighted by molar-refractivity contribution is -0.136. The summed E-state index contributed by atoms with van der Waals surface area (Å²) in [7, 11) is 0. The summed E-state index contributed by atoms with van der Waals surface area (Å²) >= 11 is 1.35. The quantitative estimate of drug-likeness (QED) is 0.0578. The summed E-state index contributed by atoms with van der Waals surface area (Å²) in [6.45, 7) is 2.78. The average molecular weight is 791 g/mol. The third-order valence-corrected chi connectivity index (χ3v) is 12.8. The fourth-order valence-electron chi connectivity index (χ4n) is 8.86. The van der Waals surface area contributed by atoms with Gasteiger partial charge in [-0.15, -0.1) is 11.8 Å². The number of anilines is 2. The Balaban J connectivity index is 0.809. The minimum absolute atomic E-state index is 0.0277. The van der Waals surface area contributed by atoms with E-state index in [2.05, 4.69) is 80.4 Å². The van der Waals surface area contributed by atoms with Crippen molar-refractivity contribution in [2.45, 2.75) is 80.9 Å². The van der Waals surface area contributed by atoms with Crippen LogP contribution in [0.2, 0.25) is 0 Å². The number of carbonyl (C=O) groups is 4. The number of fused-ring (bicyclic) bond motifs is 4. The molecule has 0 radical (unpaired) electrons. The number of nitrogens with zero attached hydrogens (tertiary/aromatic N) is 3. The summed E-state index contributed by atoms with van der Waals surface area (Å²) in [6, 6.07) is 20.9. The molecular formula is C44H47FN6O5S. The molecular weight excluding hydrogens is 744 g/mol. The molecule has 4 aliphatic rings. The number of rotatable bonds is 15. The van der Waals surface area contributed by atoms with Crippen LogP contribution in [0.4, 0.5) is 15.8 Å². The predicted octanol–water partition coefficient (Wildman–Crippen LogP) is 6.79. The number of carbonyl (C=O) groups excluding carboxylic acids is 4. The van der Waals surface area contributed by atoms with Gasteiger partial charge in [-0.25, -0.2) is 4.39 Å². The predicted molar refractivity (Wildman–Crippen MR) is 217 cm³/mol. The van der Waals surface area contributed by atoms with Crippen LogP contribution >= 0.6 is 11.8 Å². The highest BCUT2D eigenvalue weighted by molar-refractivity contribution is 7.99. The van der Waals surface area contributed by atoms with Gasteiger partial charge >= 0.3 is 0 Å². The monoisotopic (exact) mass is 790 g/mol. The summed E-state index contributed by atoms with van der Waals surface area (Å²) < 4.78 is 14.6. The van der Waals surface area contributed by atoms with Gasteiger partial charge in [-0.1, -0.05) is 37.5 Å². The Bertz CT molecular complexity index is 2170. The van der Waals surface area contributed by atoms with Crippen molar-refractivity contribution in [2.75, 3.05) is 36.1 Å². The first-order chi connectivity index (χ1) is 27.8. The number of hydrogen-bond acceptors (Lipinski definition) is 10. The van der Waals surface area contributed by atoms with E-state index in [1.54, 1.807) is 0 Å². The third-order valence-electron chi connectivity index (χ3n) is 11.7. The van der Waals surface area contributed by atoms with E-state index in [1.165, 1.54) is 34.5 Å². The minimum atomic E-state index is -1.08. The lowest BCUT2D eigenvalue weighted by Crippen LogP contribution is -2.54. The van der Waals surface area contributed by atoms with Crippen molar-refractivity contribution in [3.05, 3.63) is 107 Å². The Kier molecular flexibility index (Phi) is 11.7. The van der Waals surface area contributed by atoms with Crippen LogP contribution in [0.15, 0.2) is 84.0 Å². The van der Waals surface area contributed by atoms with Gasteiger partial charge in [-0.2, -0.15) is 0 Å². The Morgan fingerprint density at radius 1 is 0.895 bits per heavy atom. The molecule has 2 fully saturated rings. The van der Waals surface area contributed by atoms with Crippen LogP contribution in [-0.4, -0.2) is 81.1 Å². The van der Waals surface area contributed by atoms with Gasteiger partial charge in [0, 0.05) is 60.1 Å². The molecule has 4 atom stereocenters. The molecule has 4 aliphatic heterocycles. The number of halogens is 1. The van der Waals surface area contributed by atoms with Gasteiger partial charge in [-0.05, 0) is 109 Å². The maximum Gasteiger partial charge on any atom is 0.263 e. The smallest absolute Gasteiger partial charge is 0.263 e. The van der Waals surface area contributed by atoms with Gasteiger partial charge in [0.2, 0.25) is 11.8 Å². The largest absolute Gasteiger partial charge is 0.394 e. The lowest BCUT2D eigenvalue weighted by Gasteiger charge is -2.39. The molecule has 2 saturated heterocycles. The van der Waals surface area contributed by atoms with Crippen molar-refractivity contribution in [3.63, 3.8) is 0 Å². The van der Waals surface area contributed by atoms with Crippen LogP contribution < -0.4 is 16.0 Å². The molecule has 0 aliphatic carbocycles. The first-order valence-corrected chi connectivity index (χ1v) is 20.9. The van der Waals surface area contributed by atoms with Gasteiger partial charge in [0.1, 0.15) is 11.9 Å². The zero-order chi connectivity index (χ0) is 39.5. The molecule has 0 bridgehead atoms. The van der Waals surface area contributed by atoms with Crippen LogP contribution in [0, 0.1) is 11.7 Å². The number of hydrogen-bond donors (Lipinski definition) is 4. The number of likely N-dealkylation sites (tertiary alicyclic amines) is 1. The van der Waals surface area contributed by atoms with Crippen molar-refractivity contribution in [1.29, 1.82) is 0 Å². The highest BCUT2D eigenvalue weighted by atomic mass is 32.2. The number of thioether (sulfide) groups is 1. The Hall–Kier alpha value is -5.11. The van der Waals surface area contributed by atoms with Gasteiger partial charge in [-0.3, -0.25) is 39.3 Å². The zero-order valence-electron chi connectivity index (χ0n) is 31.7. The molecule has 11 nitrogen and oxygen atoms in total. The number of benzene rings is 3. The first kappa shape index (κ1) is 38.7. The molecule has 296 valence electrons. The van der Waals surface area contributed by atoms with Crippen molar-refractivity contribution in [3.8, 4) is 11.1 Å². The second-order valence-corrected chi connectivity index (χ2v) is 16.5. The highest BCUT2D eigenvalue weighted by Crippen LogP contribution is 2.48. The fraction of sp³-hybridized carbons (Fsp3) is 0.386. The Morgan fingerprint density at radius 3 is 2.53 bits per heavy atom. The fourth-order valence-corrected chi connectivity index (χ4v) is 9.96. The van der Waals surface area contributed by atoms with Crippen molar-refractivity contribution in [2.24, 2.45) is 5.92 Å². The van der Waals surface area contributed by atoms with Crippen LogP contribution in [0.1, 0.15) is 89.3 Å². The molecule has 3 aromatic carbocycles. The number of amides is 4. The number of aliphatic hydroxyl groups excluding tert-OH is 1. The van der Waals surface area contributed by atoms with Crippen LogP contribution in [0.5, 0.6) is 0 Å². The molecule has 0 spiro atoms. The summed E-state index contributed by atoms with van der Waals surface area (Å²) in [5, 5.41) is 19.7. The first-order valence-electron chi connectivity index (χ1n) is 20.0. The number of imide groups is 2. The van der Waals surface area contributed by atoms with E-state index in [4.69, 9.17) is 0 Å². The van der Waals surface area contributed by atoms with Gasteiger partial charge in [0.25, 0.3) is 11.8 Å². The molecule has 8 rings (SSSR count). The third kappa shape index (κ3) is 8.19. The molecule has 1 aromatic heterocycles. The van der Waals surface area contributed by atoms with Crippen LogP contribution in [0.3, 0.4) is 0 Å². The molecule has 4 N–H and O–H groups in total. The SMILES string of the molecule is O=C1CCC(N2C(=O)c3cc(F)cc(SCCCCCCCNc4cccc(-c5ccc6c(c5)[C@H]5[C@H](CCN5Cc5ccncc5)[C@@H](CO)N6)c4)c3C2=O)C(=O)N1. The normalized spacial score (nSPS) is 21.5. The lowest BCUT2D eigenvalue weighted by atomic mass is 9.82. The van der Waals surface area contributed by atoms with E-state index >= 15 is 0 Å². The van der Waals surface area contributed by atoms with Crippen molar-refractivity contribution >= 4 is 46.8 Å². The average Bonchev–Trinajstić information content (AvgIpc) is 3.74. The maximum atomic E-state index is 14.6. The van der Waals surface area contributed by atoms with E-state index < -0.39 is 35.5 Å². The molecule has 57 heavy (non-hydrogen) atoms. The Morgan fingerprint density at radius 2 is 1.70 bits per heavy atom. The topological polar surface area (TPSA) is 144 Å². The van der Waals surface area contributed by atoms with Crippen LogP contribution in [-0.2, 0) is 16.1 Å². The number of unbranched alkanes of at least 4 members (excludes halogenated alkanes) is 4. The standard InChI is InChI=1S/C44H47FN6O5S/c45-30-23-34-40(44(56)51(43(34)55)37-11-12-39(53)49-42(37)54)38(24-30)57-20-5-3-1-2-4-16-47-31-8-6-7-28(21-31)29-9-10-35-33(22-29)41-32(36(26-52)48-35)15-19-50(41)25-27-13-17-46-18-14-27/h6-10,13-14,17-18,21-24,32,36-37,41,47-48,52H,1-5,11-12,15-16,19-20,25-26H2,(H,49,53,54)/t32-,36-,37?,41-/m1/s1. The molecule has 0 saturated carbocycles. The summed E-state index contributed by atoms with van der Waals surface area (Å²) in [5.74, 6) is -2.07. The number of pyridine rings is 1. The number of piperidine rings is 1. The van der Waals surface area contributed by atoms with Gasteiger partial charge in [0.15, 0.2) is 0 Å². The van der Waals surface area contributed by atoms with Crippen molar-refractivity contribution in [1.82, 2.24) is 20.1 Å². The second kappa shape index (κ2) is 17.2. The number of aliphatic hydroxyl groups is 1. The number of aromatic nitrogens is 1. The van der Waals surface area contributed by atoms with E-state index in [0.29, 0.717) is 16.6 Å². The number of nitrogens with one attached hydrogen (secondary N) is 3. The van der Waals surface area contributed by atoms with E-state index in [-0.39, 0.29) is 42.7 Å². The maximum absolute atomic E-state index is 14.6. The highest BCUT2D eigenvalue weighted by Gasteiger charge is 2.46. The zero-order valence-corrected chi connectivity index (χ0v) is 32.5. The van der Waals surface area contributed by atoms with Crippen LogP contribution in [0.25, 0.3) is 11.1 Å². The Labute approximate surface area is 335 Å². The summed E-state index contributed by atoms with van der Waals surface area (Å²) in [4.78, 5) is 58.5. The van der Waals surface area contributed by atoms with Crippen molar-refractivity contribution < 1.29 is 28.7 Å². The molecule has 4 aromatic rings. The van der Waals surface area contributed by atoms with E-state index in [0.717, 1.165) is 86.1 Å². The molecule has 13 heteroatoms.